The van der Waals surface area contributed by atoms with E-state index in [9.17, 15) is 14.7 Å². The lowest BCUT2D eigenvalue weighted by atomic mass is 9.93. The molecule has 1 fully saturated rings. The number of aliphatic hydroxyl groups is 1. The second-order valence-corrected chi connectivity index (χ2v) is 9.79. The van der Waals surface area contributed by atoms with Crippen molar-refractivity contribution in [3.8, 4) is 11.5 Å². The smallest absolute Gasteiger partial charge is 0.295 e. The zero-order valence-corrected chi connectivity index (χ0v) is 22.6. The molecule has 1 aromatic heterocycles. The highest BCUT2D eigenvalue weighted by molar-refractivity contribution is 6.46. The Morgan fingerprint density at radius 2 is 1.70 bits per heavy atom. The predicted octanol–water partition coefficient (Wildman–Crippen LogP) is 5.91. The molecule has 1 amide bonds. The van der Waals surface area contributed by atoms with E-state index in [-0.39, 0.29) is 17.9 Å². The molecule has 4 aromatic rings. The lowest BCUT2D eigenvalue weighted by Crippen LogP contribution is -2.29. The average Bonchev–Trinajstić information content (AvgIpc) is 3.23. The van der Waals surface area contributed by atoms with Crippen molar-refractivity contribution >= 4 is 17.4 Å². The van der Waals surface area contributed by atoms with Crippen molar-refractivity contribution in [2.24, 2.45) is 0 Å². The van der Waals surface area contributed by atoms with Gasteiger partial charge < -0.3 is 19.5 Å². The molecular weight excluding hydrogens is 504 g/mol. The number of ketones is 1. The molecule has 0 saturated carbocycles. The summed E-state index contributed by atoms with van der Waals surface area (Å²) >= 11 is 0. The van der Waals surface area contributed by atoms with Crippen LogP contribution in [0.3, 0.4) is 0 Å². The van der Waals surface area contributed by atoms with Crippen LogP contribution in [-0.4, -0.2) is 33.8 Å². The molecule has 0 radical (unpaired) electrons. The molecule has 1 unspecified atom stereocenters. The summed E-state index contributed by atoms with van der Waals surface area (Å²) in [6.45, 7) is 4.26. The Morgan fingerprint density at radius 1 is 0.925 bits per heavy atom. The van der Waals surface area contributed by atoms with Gasteiger partial charge in [-0.15, -0.1) is 0 Å². The second-order valence-electron chi connectivity index (χ2n) is 9.79. The Bertz CT molecular complexity index is 1580. The van der Waals surface area contributed by atoms with Crippen LogP contribution in [0.5, 0.6) is 11.5 Å². The number of likely N-dealkylation sites (tertiary alicyclic amines) is 1. The zero-order chi connectivity index (χ0) is 28.2. The van der Waals surface area contributed by atoms with Gasteiger partial charge in [0, 0.05) is 24.5 Å². The molecule has 1 aliphatic heterocycles. The van der Waals surface area contributed by atoms with Crippen molar-refractivity contribution in [3.05, 3.63) is 130 Å². The number of pyridine rings is 1. The number of benzene rings is 3. The van der Waals surface area contributed by atoms with Crippen LogP contribution in [0.15, 0.2) is 96.8 Å². The summed E-state index contributed by atoms with van der Waals surface area (Å²) in [6.07, 6.45) is 3.30. The van der Waals surface area contributed by atoms with Crippen molar-refractivity contribution < 1.29 is 24.2 Å². The highest BCUT2D eigenvalue weighted by Crippen LogP contribution is 2.43. The van der Waals surface area contributed by atoms with Crippen molar-refractivity contribution in [2.75, 3.05) is 7.11 Å². The SMILES string of the molecule is COc1cc(C2/C(=C(\O)c3cc(C)ccc3C)C(=O)C(=O)N2Cc2cccnc2)ccc1OCc1ccccc1. The number of aliphatic hydroxyl groups excluding tert-OH is 1. The summed E-state index contributed by atoms with van der Waals surface area (Å²) in [7, 11) is 1.54. The fourth-order valence-electron chi connectivity index (χ4n) is 4.92. The van der Waals surface area contributed by atoms with E-state index in [0.29, 0.717) is 29.2 Å². The number of nitrogens with zero attached hydrogens (tertiary/aromatic N) is 2. The molecule has 7 heteroatoms. The molecule has 1 atom stereocenters. The number of aromatic nitrogens is 1. The van der Waals surface area contributed by atoms with E-state index in [4.69, 9.17) is 9.47 Å². The fraction of sp³-hybridized carbons (Fsp3) is 0.182. The van der Waals surface area contributed by atoms with Gasteiger partial charge in [-0.3, -0.25) is 14.6 Å². The van der Waals surface area contributed by atoms with Gasteiger partial charge in [-0.25, -0.2) is 0 Å². The molecule has 0 bridgehead atoms. The first kappa shape index (κ1) is 26.7. The first-order valence-corrected chi connectivity index (χ1v) is 13.0. The minimum atomic E-state index is -0.850. The van der Waals surface area contributed by atoms with Gasteiger partial charge in [-0.05, 0) is 60.4 Å². The lowest BCUT2D eigenvalue weighted by molar-refractivity contribution is -0.140. The van der Waals surface area contributed by atoms with Gasteiger partial charge in [0.05, 0.1) is 18.7 Å². The van der Waals surface area contributed by atoms with Crippen molar-refractivity contribution in [2.45, 2.75) is 33.0 Å². The van der Waals surface area contributed by atoms with E-state index < -0.39 is 17.7 Å². The molecule has 1 N–H and O–H groups in total. The van der Waals surface area contributed by atoms with Gasteiger partial charge in [-0.1, -0.05) is 60.2 Å². The molecule has 202 valence electrons. The minimum Gasteiger partial charge on any atom is -0.507 e. The average molecular weight is 535 g/mol. The number of aryl methyl sites for hydroxylation is 2. The van der Waals surface area contributed by atoms with Crippen LogP contribution in [0, 0.1) is 13.8 Å². The van der Waals surface area contributed by atoms with Crippen molar-refractivity contribution in [1.82, 2.24) is 9.88 Å². The van der Waals surface area contributed by atoms with Crippen LogP contribution in [0.25, 0.3) is 5.76 Å². The van der Waals surface area contributed by atoms with Crippen LogP contribution in [0.4, 0.5) is 0 Å². The summed E-state index contributed by atoms with van der Waals surface area (Å²) < 4.78 is 11.7. The number of hydrogen-bond acceptors (Lipinski definition) is 6. The Labute approximate surface area is 233 Å². The Balaban J connectivity index is 1.60. The normalized spacial score (nSPS) is 16.3. The van der Waals surface area contributed by atoms with Gasteiger partial charge in [0.25, 0.3) is 11.7 Å². The topological polar surface area (TPSA) is 89.0 Å². The number of amides is 1. The number of rotatable bonds is 8. The van der Waals surface area contributed by atoms with Gasteiger partial charge >= 0.3 is 0 Å². The van der Waals surface area contributed by atoms with Gasteiger partial charge in [-0.2, -0.15) is 0 Å². The summed E-state index contributed by atoms with van der Waals surface area (Å²) in [5.41, 5.74) is 4.64. The highest BCUT2D eigenvalue weighted by Gasteiger charge is 2.46. The zero-order valence-electron chi connectivity index (χ0n) is 22.6. The van der Waals surface area contributed by atoms with E-state index in [0.717, 1.165) is 22.3 Å². The molecule has 0 spiro atoms. The minimum absolute atomic E-state index is 0.0302. The van der Waals surface area contributed by atoms with Crippen molar-refractivity contribution in [3.63, 3.8) is 0 Å². The number of Topliss-reactive ketones (excluding diaryl/α,β-unsaturated/α-hetero) is 1. The molecule has 5 rings (SSSR count). The quantitative estimate of drug-likeness (QED) is 0.172. The second kappa shape index (κ2) is 11.5. The number of hydrogen-bond donors (Lipinski definition) is 1. The fourth-order valence-corrected chi connectivity index (χ4v) is 4.92. The molecule has 1 saturated heterocycles. The molecule has 7 nitrogen and oxygen atoms in total. The Morgan fingerprint density at radius 3 is 2.42 bits per heavy atom. The Kier molecular flexibility index (Phi) is 7.64. The number of carbonyl (C=O) groups is 2. The van der Waals surface area contributed by atoms with Crippen LogP contribution < -0.4 is 9.47 Å². The van der Waals surface area contributed by atoms with E-state index >= 15 is 0 Å². The third-order valence-corrected chi connectivity index (χ3v) is 7.00. The van der Waals surface area contributed by atoms with Crippen LogP contribution in [0.1, 0.15) is 39.4 Å². The van der Waals surface area contributed by atoms with Crippen LogP contribution >= 0.6 is 0 Å². The lowest BCUT2D eigenvalue weighted by Gasteiger charge is -2.26. The van der Waals surface area contributed by atoms with Crippen LogP contribution in [-0.2, 0) is 22.7 Å². The summed E-state index contributed by atoms with van der Waals surface area (Å²) in [4.78, 5) is 32.6. The van der Waals surface area contributed by atoms with Gasteiger partial charge in [0.15, 0.2) is 11.5 Å². The van der Waals surface area contributed by atoms with Crippen LogP contribution in [0.2, 0.25) is 0 Å². The predicted molar refractivity (Wildman–Crippen MR) is 152 cm³/mol. The third kappa shape index (κ3) is 5.31. The standard InChI is InChI=1S/C33H30N2O5/c1-21-11-12-22(2)26(16-21)31(36)29-30(35(33(38)32(29)37)19-24-10-7-15-34-18-24)25-13-14-27(28(17-25)39-3)40-20-23-8-5-4-6-9-23/h4-18,30,36H,19-20H2,1-3H3/b31-29+. The maximum atomic E-state index is 13.5. The number of methoxy groups -OCH3 is 1. The van der Waals surface area contributed by atoms with E-state index in [1.54, 1.807) is 36.7 Å². The van der Waals surface area contributed by atoms with E-state index in [2.05, 4.69) is 4.98 Å². The van der Waals surface area contributed by atoms with E-state index in [1.165, 1.54) is 12.0 Å². The molecule has 1 aliphatic rings. The third-order valence-electron chi connectivity index (χ3n) is 7.00. The largest absolute Gasteiger partial charge is 0.507 e. The Hall–Kier alpha value is -4.91. The first-order chi connectivity index (χ1) is 19.4. The van der Waals surface area contributed by atoms with Crippen molar-refractivity contribution in [1.29, 1.82) is 0 Å². The van der Waals surface area contributed by atoms with E-state index in [1.807, 2.05) is 68.4 Å². The van der Waals surface area contributed by atoms with Gasteiger partial charge in [0.2, 0.25) is 0 Å². The van der Waals surface area contributed by atoms with Gasteiger partial charge in [0.1, 0.15) is 12.4 Å². The maximum absolute atomic E-state index is 13.5. The number of carbonyl (C=O) groups excluding carboxylic acids is 2. The summed E-state index contributed by atoms with van der Waals surface area (Å²) in [6, 6.07) is 23.5. The monoisotopic (exact) mass is 534 g/mol. The summed E-state index contributed by atoms with van der Waals surface area (Å²) in [5.74, 6) is -0.665. The summed E-state index contributed by atoms with van der Waals surface area (Å²) in [5, 5.41) is 11.5. The maximum Gasteiger partial charge on any atom is 0.295 e. The molecule has 3 aromatic carbocycles. The highest BCUT2D eigenvalue weighted by atomic mass is 16.5. The molecule has 2 heterocycles. The number of ether oxygens (including phenoxy) is 2. The molecule has 0 aliphatic carbocycles. The molecule has 40 heavy (non-hydrogen) atoms. The first-order valence-electron chi connectivity index (χ1n) is 13.0. The molecular formula is C33H30N2O5.